The fourth-order valence-electron chi connectivity index (χ4n) is 3.54. The first kappa shape index (κ1) is 18.8. The van der Waals surface area contributed by atoms with Crippen LogP contribution in [0.4, 0.5) is 0 Å². The van der Waals surface area contributed by atoms with E-state index < -0.39 is 18.1 Å². The number of hydrogen-bond acceptors (Lipinski definition) is 6. The van der Waals surface area contributed by atoms with Crippen LogP contribution in [-0.4, -0.2) is 54.2 Å². The second-order valence-electron chi connectivity index (χ2n) is 7.12. The maximum atomic E-state index is 12.6. The van der Waals surface area contributed by atoms with E-state index in [1.165, 1.54) is 0 Å². The second-order valence-corrected chi connectivity index (χ2v) is 7.12. The van der Waals surface area contributed by atoms with Gasteiger partial charge in [-0.1, -0.05) is 30.3 Å². The summed E-state index contributed by atoms with van der Waals surface area (Å²) in [6, 6.07) is 9.48. The highest BCUT2D eigenvalue weighted by molar-refractivity contribution is 5.85. The average molecular weight is 361 g/mol. The predicted octanol–water partition coefficient (Wildman–Crippen LogP) is 1.16. The molecule has 0 spiro atoms. The van der Waals surface area contributed by atoms with Crippen molar-refractivity contribution in [2.24, 2.45) is 0 Å². The number of esters is 1. The van der Waals surface area contributed by atoms with Crippen molar-refractivity contribution in [2.45, 2.75) is 57.6 Å². The molecule has 1 aromatic rings. The van der Waals surface area contributed by atoms with E-state index >= 15 is 0 Å². The Bertz CT molecular complexity index is 629. The van der Waals surface area contributed by atoms with Crippen LogP contribution in [0.15, 0.2) is 30.3 Å². The van der Waals surface area contributed by atoms with Crippen LogP contribution in [0.2, 0.25) is 0 Å². The summed E-state index contributed by atoms with van der Waals surface area (Å²) >= 11 is 0. The van der Waals surface area contributed by atoms with Crippen LogP contribution in [-0.2, 0) is 19.1 Å². The zero-order valence-corrected chi connectivity index (χ0v) is 15.5. The van der Waals surface area contributed by atoms with Crippen molar-refractivity contribution in [3.05, 3.63) is 35.9 Å². The van der Waals surface area contributed by atoms with Gasteiger partial charge < -0.3 is 14.4 Å². The molecule has 26 heavy (non-hydrogen) atoms. The van der Waals surface area contributed by atoms with Crippen molar-refractivity contribution in [1.29, 1.82) is 0 Å². The number of benzene rings is 1. The third kappa shape index (κ3) is 4.41. The second kappa shape index (κ2) is 8.16. The quantitative estimate of drug-likeness (QED) is 0.784. The fraction of sp³-hybridized carbons (Fsp3) is 0.579. The summed E-state index contributed by atoms with van der Waals surface area (Å²) in [5.41, 5.74) is 7.20. The van der Waals surface area contributed by atoms with Gasteiger partial charge in [-0.05, 0) is 32.8 Å². The number of carbonyl (C=O) groups is 2. The van der Waals surface area contributed by atoms with E-state index in [2.05, 4.69) is 10.9 Å². The molecule has 142 valence electrons. The Labute approximate surface area is 154 Å². The van der Waals surface area contributed by atoms with Crippen molar-refractivity contribution < 1.29 is 19.1 Å². The maximum absolute atomic E-state index is 12.6. The molecule has 2 aliphatic rings. The van der Waals surface area contributed by atoms with E-state index in [-0.39, 0.29) is 24.2 Å². The number of ether oxygens (including phenoxy) is 2. The number of morpholine rings is 1. The molecular weight excluding hydrogens is 334 g/mol. The molecule has 2 saturated heterocycles. The summed E-state index contributed by atoms with van der Waals surface area (Å²) < 4.78 is 11.1. The molecule has 1 aromatic carbocycles. The normalized spacial score (nSPS) is 30.0. The van der Waals surface area contributed by atoms with Crippen LogP contribution in [0.1, 0.15) is 38.8 Å². The molecule has 2 heterocycles. The molecule has 7 heteroatoms. The Morgan fingerprint density at radius 2 is 1.81 bits per heavy atom. The van der Waals surface area contributed by atoms with Crippen LogP contribution in [0.25, 0.3) is 0 Å². The molecule has 2 N–H and O–H groups in total. The lowest BCUT2D eigenvalue weighted by atomic mass is 10.0. The number of carbonyl (C=O) groups excluding carboxylic acids is 2. The molecule has 3 rings (SSSR count). The minimum atomic E-state index is -0.808. The summed E-state index contributed by atoms with van der Waals surface area (Å²) in [5.74, 6) is -0.586. The summed E-state index contributed by atoms with van der Waals surface area (Å²) in [6.45, 7) is 6.53. The summed E-state index contributed by atoms with van der Waals surface area (Å²) in [5, 5.41) is 0. The Morgan fingerprint density at radius 1 is 1.15 bits per heavy atom. The first-order chi connectivity index (χ1) is 12.4. The summed E-state index contributed by atoms with van der Waals surface area (Å²) in [4.78, 5) is 26.7. The van der Waals surface area contributed by atoms with Crippen LogP contribution in [0.3, 0.4) is 0 Å². The molecule has 0 aliphatic carbocycles. The standard InChI is InChI=1S/C19H27N3O4/c1-12-10-22(11-13(2)25-12)18(23)14(3)26-19(24)17-9-16(20-21-17)15-7-5-4-6-8-15/h4-8,12-14,16-17,20-21H,9-11H2,1-3H3. The number of rotatable bonds is 4. The predicted molar refractivity (Wildman–Crippen MR) is 96.0 cm³/mol. The molecule has 0 radical (unpaired) electrons. The highest BCUT2D eigenvalue weighted by atomic mass is 16.6. The van der Waals surface area contributed by atoms with E-state index in [9.17, 15) is 9.59 Å². The SMILES string of the molecule is CC1CN(C(=O)C(C)OC(=O)C2CC(c3ccccc3)NN2)CC(C)O1. The van der Waals surface area contributed by atoms with Gasteiger partial charge in [0.05, 0.1) is 12.2 Å². The van der Waals surface area contributed by atoms with E-state index in [1.807, 2.05) is 44.2 Å². The van der Waals surface area contributed by atoms with Gasteiger partial charge in [0, 0.05) is 19.1 Å². The van der Waals surface area contributed by atoms with Gasteiger partial charge in [-0.3, -0.25) is 9.59 Å². The van der Waals surface area contributed by atoms with Crippen LogP contribution in [0.5, 0.6) is 0 Å². The number of nitrogens with one attached hydrogen (secondary N) is 2. The summed E-state index contributed by atoms with van der Waals surface area (Å²) in [6.07, 6.45) is -0.261. The fourth-order valence-corrected chi connectivity index (χ4v) is 3.54. The molecule has 5 unspecified atom stereocenters. The number of hydrazine groups is 1. The third-order valence-corrected chi connectivity index (χ3v) is 4.76. The first-order valence-electron chi connectivity index (χ1n) is 9.14. The smallest absolute Gasteiger partial charge is 0.325 e. The van der Waals surface area contributed by atoms with Gasteiger partial charge in [0.25, 0.3) is 5.91 Å². The highest BCUT2D eigenvalue weighted by Gasteiger charge is 2.35. The topological polar surface area (TPSA) is 79.9 Å². The first-order valence-corrected chi connectivity index (χ1v) is 9.14. The Kier molecular flexibility index (Phi) is 5.90. The zero-order valence-electron chi connectivity index (χ0n) is 15.5. The van der Waals surface area contributed by atoms with Crippen molar-refractivity contribution in [2.75, 3.05) is 13.1 Å². The van der Waals surface area contributed by atoms with Crippen molar-refractivity contribution in [3.8, 4) is 0 Å². The van der Waals surface area contributed by atoms with Gasteiger partial charge in [-0.2, -0.15) is 0 Å². The van der Waals surface area contributed by atoms with Gasteiger partial charge >= 0.3 is 5.97 Å². The molecule has 5 atom stereocenters. The van der Waals surface area contributed by atoms with E-state index in [0.29, 0.717) is 19.5 Å². The molecule has 2 aliphatic heterocycles. The third-order valence-electron chi connectivity index (χ3n) is 4.76. The monoisotopic (exact) mass is 361 g/mol. The lowest BCUT2D eigenvalue weighted by Crippen LogP contribution is -2.52. The molecule has 0 bridgehead atoms. The van der Waals surface area contributed by atoms with Crippen molar-refractivity contribution >= 4 is 11.9 Å². The Hall–Kier alpha value is -1.96. The Morgan fingerprint density at radius 3 is 2.46 bits per heavy atom. The van der Waals surface area contributed by atoms with Gasteiger partial charge in [0.1, 0.15) is 6.04 Å². The molecular formula is C19H27N3O4. The highest BCUT2D eigenvalue weighted by Crippen LogP contribution is 2.23. The molecule has 0 aromatic heterocycles. The number of nitrogens with zero attached hydrogens (tertiary/aromatic N) is 1. The number of amides is 1. The average Bonchev–Trinajstić information content (AvgIpc) is 3.11. The van der Waals surface area contributed by atoms with Crippen LogP contribution in [0, 0.1) is 0 Å². The largest absolute Gasteiger partial charge is 0.451 e. The molecule has 2 fully saturated rings. The van der Waals surface area contributed by atoms with E-state index in [4.69, 9.17) is 9.47 Å². The molecule has 0 saturated carbocycles. The van der Waals surface area contributed by atoms with Gasteiger partial charge in [0.2, 0.25) is 0 Å². The van der Waals surface area contributed by atoms with E-state index in [0.717, 1.165) is 5.56 Å². The van der Waals surface area contributed by atoms with Crippen LogP contribution >= 0.6 is 0 Å². The van der Waals surface area contributed by atoms with Crippen molar-refractivity contribution in [1.82, 2.24) is 15.8 Å². The van der Waals surface area contributed by atoms with Gasteiger partial charge in [0.15, 0.2) is 6.10 Å². The number of hydrogen-bond donors (Lipinski definition) is 2. The minimum Gasteiger partial charge on any atom is -0.451 e. The lowest BCUT2D eigenvalue weighted by molar-refractivity contribution is -0.165. The van der Waals surface area contributed by atoms with Gasteiger partial charge in [-0.25, -0.2) is 10.9 Å². The lowest BCUT2D eigenvalue weighted by Gasteiger charge is -2.36. The van der Waals surface area contributed by atoms with Crippen LogP contribution < -0.4 is 10.9 Å². The molecule has 7 nitrogen and oxygen atoms in total. The van der Waals surface area contributed by atoms with Crippen molar-refractivity contribution in [3.63, 3.8) is 0 Å². The Balaban J connectivity index is 1.52. The maximum Gasteiger partial charge on any atom is 0.325 e. The van der Waals surface area contributed by atoms with E-state index in [1.54, 1.807) is 11.8 Å². The minimum absolute atomic E-state index is 0.0158. The zero-order chi connectivity index (χ0) is 18.7. The molecule has 1 amide bonds. The summed E-state index contributed by atoms with van der Waals surface area (Å²) in [7, 11) is 0. The van der Waals surface area contributed by atoms with Gasteiger partial charge in [-0.15, -0.1) is 0 Å².